The molecule has 17 heavy (non-hydrogen) atoms. The molecule has 0 fully saturated rings. The number of carbonyl (C=O) groups is 1. The molecule has 0 spiro atoms. The second-order valence-corrected chi connectivity index (χ2v) is 6.78. The lowest BCUT2D eigenvalue weighted by atomic mass is 10.2. The molecule has 0 aromatic carbocycles. The quantitative estimate of drug-likeness (QED) is 0.897. The molecule has 0 radical (unpaired) electrons. The van der Waals surface area contributed by atoms with Crippen LogP contribution in [0.25, 0.3) is 0 Å². The van der Waals surface area contributed by atoms with Crippen molar-refractivity contribution in [3.63, 3.8) is 0 Å². The summed E-state index contributed by atoms with van der Waals surface area (Å²) in [4.78, 5) is 14.9. The third kappa shape index (κ3) is 3.09. The van der Waals surface area contributed by atoms with E-state index in [1.165, 1.54) is 22.7 Å². The molecule has 2 heterocycles. The van der Waals surface area contributed by atoms with Gasteiger partial charge >= 0.3 is 0 Å². The summed E-state index contributed by atoms with van der Waals surface area (Å²) in [5.41, 5.74) is 0. The molecule has 0 bridgehead atoms. The largest absolute Gasteiger partial charge is 0.344 e. The van der Waals surface area contributed by atoms with Crippen LogP contribution in [0.5, 0.6) is 0 Å². The van der Waals surface area contributed by atoms with Crippen molar-refractivity contribution in [2.24, 2.45) is 0 Å². The smallest absolute Gasteiger partial charge is 0.261 e. The van der Waals surface area contributed by atoms with E-state index in [-0.39, 0.29) is 11.9 Å². The fourth-order valence-electron chi connectivity index (χ4n) is 1.46. The fourth-order valence-corrected chi connectivity index (χ4v) is 3.29. The molecule has 1 atom stereocenters. The maximum atomic E-state index is 11.9. The van der Waals surface area contributed by atoms with E-state index in [9.17, 15) is 4.79 Å². The van der Waals surface area contributed by atoms with E-state index < -0.39 is 0 Å². The van der Waals surface area contributed by atoms with Gasteiger partial charge in [0.2, 0.25) is 0 Å². The van der Waals surface area contributed by atoms with Crippen LogP contribution in [0, 0.1) is 6.92 Å². The minimum atomic E-state index is -0.0277. The van der Waals surface area contributed by atoms with Crippen LogP contribution in [0.2, 0.25) is 4.34 Å². The van der Waals surface area contributed by atoms with E-state index >= 15 is 0 Å². The van der Waals surface area contributed by atoms with Gasteiger partial charge < -0.3 is 5.32 Å². The Labute approximate surface area is 113 Å². The normalized spacial score (nSPS) is 12.4. The van der Waals surface area contributed by atoms with Crippen molar-refractivity contribution < 1.29 is 4.79 Å². The first-order chi connectivity index (χ1) is 8.06. The lowest BCUT2D eigenvalue weighted by molar-refractivity contribution is 0.0944. The second kappa shape index (κ2) is 5.21. The van der Waals surface area contributed by atoms with Crippen LogP contribution in [0.1, 0.15) is 32.4 Å². The number of thiophene rings is 2. The van der Waals surface area contributed by atoms with Gasteiger partial charge in [0.25, 0.3) is 5.91 Å². The van der Waals surface area contributed by atoms with Gasteiger partial charge in [0, 0.05) is 9.75 Å². The summed E-state index contributed by atoms with van der Waals surface area (Å²) < 4.78 is 0.744. The zero-order valence-corrected chi connectivity index (χ0v) is 11.9. The van der Waals surface area contributed by atoms with Gasteiger partial charge in [-0.15, -0.1) is 22.7 Å². The Morgan fingerprint density at radius 2 is 2.06 bits per heavy atom. The highest BCUT2D eigenvalue weighted by atomic mass is 35.5. The number of carbonyl (C=O) groups excluding carboxylic acids is 1. The predicted octanol–water partition coefficient (Wildman–Crippen LogP) is 4.26. The molecular weight excluding hydrogens is 274 g/mol. The van der Waals surface area contributed by atoms with Gasteiger partial charge in [0.15, 0.2) is 0 Å². The van der Waals surface area contributed by atoms with Crippen LogP contribution in [0.4, 0.5) is 0 Å². The topological polar surface area (TPSA) is 29.1 Å². The molecule has 90 valence electrons. The molecule has 1 amide bonds. The molecule has 1 N–H and O–H groups in total. The predicted molar refractivity (Wildman–Crippen MR) is 74.3 cm³/mol. The third-order valence-electron chi connectivity index (χ3n) is 2.33. The van der Waals surface area contributed by atoms with Crippen molar-refractivity contribution in [1.82, 2.24) is 5.32 Å². The van der Waals surface area contributed by atoms with Gasteiger partial charge in [-0.2, -0.15) is 0 Å². The zero-order valence-electron chi connectivity index (χ0n) is 9.49. The van der Waals surface area contributed by atoms with Crippen molar-refractivity contribution in [1.29, 1.82) is 0 Å². The van der Waals surface area contributed by atoms with Gasteiger partial charge in [0.05, 0.1) is 15.3 Å². The summed E-state index contributed by atoms with van der Waals surface area (Å²) in [6, 6.07) is 7.58. The standard InChI is InChI=1S/C12H12ClNOS2/c1-7-3-4-10(16-7)12(15)14-8(2)9-5-6-11(13)17-9/h3-6,8H,1-2H3,(H,14,15). The van der Waals surface area contributed by atoms with Gasteiger partial charge in [-0.3, -0.25) is 4.79 Å². The first-order valence-electron chi connectivity index (χ1n) is 5.19. The number of halogens is 1. The van der Waals surface area contributed by atoms with Crippen LogP contribution < -0.4 is 5.32 Å². The fraction of sp³-hybridized carbons (Fsp3) is 0.250. The van der Waals surface area contributed by atoms with Gasteiger partial charge in [-0.25, -0.2) is 0 Å². The molecule has 1 unspecified atom stereocenters. The molecule has 2 aromatic rings. The van der Waals surface area contributed by atoms with Crippen molar-refractivity contribution in [3.8, 4) is 0 Å². The number of hydrogen-bond donors (Lipinski definition) is 1. The molecule has 2 aromatic heterocycles. The Balaban J connectivity index is 2.04. The summed E-state index contributed by atoms with van der Waals surface area (Å²) in [7, 11) is 0. The summed E-state index contributed by atoms with van der Waals surface area (Å²) in [5.74, 6) is -0.0277. The molecular formula is C12H12ClNOS2. The van der Waals surface area contributed by atoms with Crippen molar-refractivity contribution in [3.05, 3.63) is 43.2 Å². The van der Waals surface area contributed by atoms with Crippen molar-refractivity contribution >= 4 is 40.2 Å². The summed E-state index contributed by atoms with van der Waals surface area (Å²) in [6.45, 7) is 3.95. The number of nitrogens with one attached hydrogen (secondary N) is 1. The van der Waals surface area contributed by atoms with Crippen LogP contribution in [0.3, 0.4) is 0 Å². The Bertz CT molecular complexity index is 532. The van der Waals surface area contributed by atoms with Gasteiger partial charge in [0.1, 0.15) is 0 Å². The van der Waals surface area contributed by atoms with Crippen LogP contribution in [-0.4, -0.2) is 5.91 Å². The molecule has 2 rings (SSSR count). The van der Waals surface area contributed by atoms with Crippen LogP contribution in [0.15, 0.2) is 24.3 Å². The highest BCUT2D eigenvalue weighted by Crippen LogP contribution is 2.27. The monoisotopic (exact) mass is 285 g/mol. The third-order valence-corrected chi connectivity index (χ3v) is 4.75. The Morgan fingerprint density at radius 1 is 1.29 bits per heavy atom. The first kappa shape index (κ1) is 12.6. The Hall–Kier alpha value is -0.840. The Kier molecular flexibility index (Phi) is 3.86. The average molecular weight is 286 g/mol. The highest BCUT2D eigenvalue weighted by molar-refractivity contribution is 7.16. The lowest BCUT2D eigenvalue weighted by Gasteiger charge is -2.10. The maximum Gasteiger partial charge on any atom is 0.261 e. The minimum Gasteiger partial charge on any atom is -0.344 e. The van der Waals surface area contributed by atoms with Gasteiger partial charge in [-0.05, 0) is 38.1 Å². The number of amides is 1. The SMILES string of the molecule is Cc1ccc(C(=O)NC(C)c2ccc(Cl)s2)s1. The van der Waals surface area contributed by atoms with E-state index in [0.29, 0.717) is 0 Å². The van der Waals surface area contributed by atoms with Gasteiger partial charge in [-0.1, -0.05) is 11.6 Å². The Morgan fingerprint density at radius 3 is 2.59 bits per heavy atom. The van der Waals surface area contributed by atoms with Crippen molar-refractivity contribution in [2.45, 2.75) is 19.9 Å². The number of hydrogen-bond acceptors (Lipinski definition) is 3. The summed E-state index contributed by atoms with van der Waals surface area (Å²) in [5, 5.41) is 2.96. The summed E-state index contributed by atoms with van der Waals surface area (Å²) >= 11 is 8.87. The van der Waals surface area contributed by atoms with Crippen LogP contribution >= 0.6 is 34.3 Å². The minimum absolute atomic E-state index is 0.0117. The zero-order chi connectivity index (χ0) is 12.4. The molecule has 0 aliphatic carbocycles. The van der Waals surface area contributed by atoms with E-state index in [0.717, 1.165) is 19.0 Å². The van der Waals surface area contributed by atoms with E-state index in [4.69, 9.17) is 11.6 Å². The van der Waals surface area contributed by atoms with E-state index in [1.807, 2.05) is 38.1 Å². The number of aryl methyl sites for hydroxylation is 1. The van der Waals surface area contributed by atoms with E-state index in [2.05, 4.69) is 5.32 Å². The summed E-state index contributed by atoms with van der Waals surface area (Å²) in [6.07, 6.45) is 0. The van der Waals surface area contributed by atoms with Crippen molar-refractivity contribution in [2.75, 3.05) is 0 Å². The molecule has 5 heteroatoms. The first-order valence-corrected chi connectivity index (χ1v) is 7.20. The molecule has 0 saturated heterocycles. The molecule has 0 aliphatic heterocycles. The average Bonchev–Trinajstić information content (AvgIpc) is 2.87. The van der Waals surface area contributed by atoms with Crippen LogP contribution in [-0.2, 0) is 0 Å². The molecule has 2 nitrogen and oxygen atoms in total. The maximum absolute atomic E-state index is 11.9. The molecule has 0 saturated carbocycles. The molecule has 0 aliphatic rings. The van der Waals surface area contributed by atoms with E-state index in [1.54, 1.807) is 0 Å². The lowest BCUT2D eigenvalue weighted by Crippen LogP contribution is -2.25. The highest BCUT2D eigenvalue weighted by Gasteiger charge is 2.14. The second-order valence-electron chi connectivity index (χ2n) is 3.75. The number of rotatable bonds is 3.